The first-order valence-corrected chi connectivity index (χ1v) is 15.0. The topological polar surface area (TPSA) is 133 Å². The molecular weight excluding hydrogens is 558 g/mol. The zero-order chi connectivity index (χ0) is 29.9. The second-order valence-corrected chi connectivity index (χ2v) is 11.9. The molecule has 1 aromatic heterocycles. The average molecular weight is 590 g/mol. The van der Waals surface area contributed by atoms with Crippen molar-refractivity contribution >= 4 is 45.0 Å². The van der Waals surface area contributed by atoms with E-state index < -0.39 is 22.0 Å². The average Bonchev–Trinajstić information content (AvgIpc) is 3.60. The number of hydrogen-bond acceptors (Lipinski definition) is 7. The Bertz CT molecular complexity index is 1770. The number of ether oxygens (including phenoxy) is 2. The molecule has 2 amide bonds. The number of anilines is 1. The molecule has 42 heavy (non-hydrogen) atoms. The Balaban J connectivity index is 1.37. The molecule has 1 aliphatic rings. The highest BCUT2D eigenvalue weighted by Gasteiger charge is 2.22. The number of sulfonamides is 1. The molecule has 11 heteroatoms. The number of fused-ring (bicyclic) bond motifs is 1. The maximum atomic E-state index is 12.9. The van der Waals surface area contributed by atoms with Gasteiger partial charge >= 0.3 is 6.09 Å². The van der Waals surface area contributed by atoms with E-state index in [4.69, 9.17) is 9.47 Å². The van der Waals surface area contributed by atoms with E-state index >= 15 is 0 Å². The lowest BCUT2D eigenvalue weighted by Crippen LogP contribution is -2.31. The van der Waals surface area contributed by atoms with Gasteiger partial charge in [-0.25, -0.2) is 17.9 Å². The van der Waals surface area contributed by atoms with Gasteiger partial charge in [0.25, 0.3) is 15.9 Å². The van der Waals surface area contributed by atoms with Gasteiger partial charge in [-0.2, -0.15) is 0 Å². The van der Waals surface area contributed by atoms with Gasteiger partial charge < -0.3 is 9.47 Å². The predicted octanol–water partition coefficient (Wildman–Crippen LogP) is 5.20. The van der Waals surface area contributed by atoms with Crippen LogP contribution in [0.2, 0.25) is 0 Å². The fourth-order valence-electron chi connectivity index (χ4n) is 5.27. The van der Waals surface area contributed by atoms with E-state index in [1.165, 1.54) is 29.9 Å². The molecule has 1 heterocycles. The molecule has 1 saturated carbocycles. The summed E-state index contributed by atoms with van der Waals surface area (Å²) in [5.74, 6) is -0.418. The summed E-state index contributed by atoms with van der Waals surface area (Å²) in [5.41, 5.74) is 3.30. The van der Waals surface area contributed by atoms with Crippen LogP contribution in [0.3, 0.4) is 0 Å². The highest BCUT2D eigenvalue weighted by Crippen LogP contribution is 2.30. The fraction of sp³-hybridized carbons (Fsp3) is 0.258. The molecule has 0 bridgehead atoms. The zero-order valence-electron chi connectivity index (χ0n) is 23.3. The number of carbonyl (C=O) groups excluding carboxylic acids is 3. The quantitative estimate of drug-likeness (QED) is 0.257. The molecule has 0 unspecified atom stereocenters. The summed E-state index contributed by atoms with van der Waals surface area (Å²) in [7, 11) is -2.62. The SMILES string of the molecule is COc1cc(C(=O)NS(=O)(=O)c2ccccc2C)ccc1Cc1cn(C=O)c2ccc(NC(=O)OC3CCCC3)cc12. The third kappa shape index (κ3) is 6.15. The number of rotatable bonds is 9. The van der Waals surface area contributed by atoms with E-state index in [2.05, 4.69) is 10.0 Å². The Labute approximate surface area is 243 Å². The van der Waals surface area contributed by atoms with E-state index in [-0.39, 0.29) is 16.6 Å². The van der Waals surface area contributed by atoms with Gasteiger partial charge in [0.1, 0.15) is 11.9 Å². The van der Waals surface area contributed by atoms with Crippen molar-refractivity contribution in [1.29, 1.82) is 0 Å². The van der Waals surface area contributed by atoms with Crippen molar-refractivity contribution in [2.45, 2.75) is 50.0 Å². The van der Waals surface area contributed by atoms with E-state index in [1.807, 2.05) is 0 Å². The summed E-state index contributed by atoms with van der Waals surface area (Å²) in [5, 5.41) is 3.52. The maximum Gasteiger partial charge on any atom is 0.411 e. The maximum absolute atomic E-state index is 12.9. The van der Waals surface area contributed by atoms with Gasteiger partial charge in [-0.05, 0) is 85.7 Å². The molecule has 0 saturated heterocycles. The molecule has 10 nitrogen and oxygen atoms in total. The van der Waals surface area contributed by atoms with E-state index in [0.29, 0.717) is 40.9 Å². The summed E-state index contributed by atoms with van der Waals surface area (Å²) < 4.78 is 40.2. The van der Waals surface area contributed by atoms with E-state index in [0.717, 1.165) is 36.6 Å². The minimum Gasteiger partial charge on any atom is -0.496 e. The summed E-state index contributed by atoms with van der Waals surface area (Å²) in [6.45, 7) is 1.65. The van der Waals surface area contributed by atoms with Crippen molar-refractivity contribution in [1.82, 2.24) is 9.29 Å². The Morgan fingerprint density at radius 2 is 1.79 bits per heavy atom. The number of methoxy groups -OCH3 is 1. The van der Waals surface area contributed by atoms with Crippen LogP contribution in [-0.4, -0.2) is 44.6 Å². The summed E-state index contributed by atoms with van der Waals surface area (Å²) in [6.07, 6.45) is 5.98. The monoisotopic (exact) mass is 589 g/mol. The van der Waals surface area contributed by atoms with E-state index in [9.17, 15) is 22.8 Å². The van der Waals surface area contributed by atoms with Gasteiger partial charge in [0.15, 0.2) is 0 Å². The molecule has 218 valence electrons. The second kappa shape index (κ2) is 12.1. The number of hydrogen-bond donors (Lipinski definition) is 2. The van der Waals surface area contributed by atoms with Crippen molar-refractivity contribution < 1.29 is 32.3 Å². The molecule has 3 aromatic carbocycles. The lowest BCUT2D eigenvalue weighted by atomic mass is 10.0. The third-order valence-electron chi connectivity index (χ3n) is 7.39. The number of benzene rings is 3. The molecule has 1 aliphatic carbocycles. The van der Waals surface area contributed by atoms with Gasteiger partial charge in [-0.1, -0.05) is 24.3 Å². The number of carbonyl (C=O) groups is 3. The van der Waals surface area contributed by atoms with Crippen LogP contribution in [0.25, 0.3) is 10.9 Å². The zero-order valence-corrected chi connectivity index (χ0v) is 24.1. The van der Waals surface area contributed by atoms with Crippen molar-refractivity contribution in [3.8, 4) is 5.75 Å². The van der Waals surface area contributed by atoms with Crippen molar-refractivity contribution in [2.75, 3.05) is 12.4 Å². The second-order valence-electron chi connectivity index (χ2n) is 10.2. The van der Waals surface area contributed by atoms with Crippen LogP contribution in [0, 0.1) is 6.92 Å². The van der Waals surface area contributed by atoms with Crippen LogP contribution in [0.15, 0.2) is 71.8 Å². The Hall–Kier alpha value is -4.64. The lowest BCUT2D eigenvalue weighted by molar-refractivity contribution is 0.0980. The van der Waals surface area contributed by atoms with Gasteiger partial charge in [-0.15, -0.1) is 0 Å². The standard InChI is InChI=1S/C31H31N3O7S/c1-20-7-3-6-10-29(20)42(38,39)33-30(36)22-12-11-21(28(16-22)40-2)15-23-18-34(19-35)27-14-13-24(17-26(23)27)32-31(37)41-25-8-4-5-9-25/h3,6-7,10-14,16-19,25H,4-5,8-9,15H2,1-2H3,(H,32,37)(H,33,36). The van der Waals surface area contributed by atoms with Gasteiger partial charge in [0, 0.05) is 29.3 Å². The molecule has 2 N–H and O–H groups in total. The van der Waals surface area contributed by atoms with Crippen LogP contribution in [-0.2, 0) is 26.0 Å². The molecule has 5 rings (SSSR count). The van der Waals surface area contributed by atoms with Crippen LogP contribution in [0.1, 0.15) is 52.7 Å². The highest BCUT2D eigenvalue weighted by atomic mass is 32.2. The number of aryl methyl sites for hydroxylation is 1. The number of aromatic nitrogens is 1. The smallest absolute Gasteiger partial charge is 0.411 e. The molecule has 0 radical (unpaired) electrons. The lowest BCUT2D eigenvalue weighted by Gasteiger charge is -2.13. The Kier molecular flexibility index (Phi) is 8.30. The predicted molar refractivity (Wildman–Crippen MR) is 158 cm³/mol. The first-order chi connectivity index (χ1) is 20.2. The summed E-state index contributed by atoms with van der Waals surface area (Å²) >= 11 is 0. The third-order valence-corrected chi connectivity index (χ3v) is 8.88. The highest BCUT2D eigenvalue weighted by molar-refractivity contribution is 7.90. The van der Waals surface area contributed by atoms with Gasteiger partial charge in [-0.3, -0.25) is 19.5 Å². The molecular formula is C31H31N3O7S. The van der Waals surface area contributed by atoms with E-state index in [1.54, 1.807) is 55.6 Å². The Morgan fingerprint density at radius 1 is 1.02 bits per heavy atom. The van der Waals surface area contributed by atoms with Gasteiger partial charge in [0.05, 0.1) is 17.5 Å². The van der Waals surface area contributed by atoms with Crippen molar-refractivity contribution in [3.05, 3.63) is 89.1 Å². The first kappa shape index (κ1) is 28.9. The van der Waals surface area contributed by atoms with Crippen LogP contribution in [0.4, 0.5) is 10.5 Å². The number of amides is 2. The molecule has 0 spiro atoms. The largest absolute Gasteiger partial charge is 0.496 e. The number of nitrogens with zero attached hydrogens (tertiary/aromatic N) is 1. The van der Waals surface area contributed by atoms with Gasteiger partial charge in [0.2, 0.25) is 6.41 Å². The van der Waals surface area contributed by atoms with Crippen LogP contribution in [0.5, 0.6) is 5.75 Å². The van der Waals surface area contributed by atoms with Crippen LogP contribution >= 0.6 is 0 Å². The molecule has 0 aliphatic heterocycles. The minimum atomic E-state index is -4.08. The Morgan fingerprint density at radius 3 is 2.50 bits per heavy atom. The summed E-state index contributed by atoms with van der Waals surface area (Å²) in [6, 6.07) is 16.3. The number of nitrogens with one attached hydrogen (secondary N) is 2. The summed E-state index contributed by atoms with van der Waals surface area (Å²) in [4.78, 5) is 37.1. The minimum absolute atomic E-state index is 0.0224. The molecule has 4 aromatic rings. The van der Waals surface area contributed by atoms with Crippen molar-refractivity contribution in [3.63, 3.8) is 0 Å². The van der Waals surface area contributed by atoms with Crippen LogP contribution < -0.4 is 14.8 Å². The van der Waals surface area contributed by atoms with Crippen molar-refractivity contribution in [2.24, 2.45) is 0 Å². The normalized spacial score (nSPS) is 13.6. The fourth-order valence-corrected chi connectivity index (χ4v) is 6.49. The molecule has 0 atom stereocenters. The molecule has 1 fully saturated rings. The first-order valence-electron chi connectivity index (χ1n) is 13.5.